The highest BCUT2D eigenvalue weighted by atomic mass is 79.9. The summed E-state index contributed by atoms with van der Waals surface area (Å²) in [5.74, 6) is 0.621. The van der Waals surface area contributed by atoms with Crippen LogP contribution in [-0.4, -0.2) is 18.6 Å². The van der Waals surface area contributed by atoms with Crippen LogP contribution in [-0.2, 0) is 4.79 Å². The van der Waals surface area contributed by atoms with Crippen molar-refractivity contribution in [2.45, 2.75) is 26.8 Å². The number of rotatable bonds is 5. The molecule has 1 amide bonds. The highest BCUT2D eigenvalue weighted by Crippen LogP contribution is 2.34. The zero-order valence-electron chi connectivity index (χ0n) is 11.2. The number of halogens is 2. The number of amides is 1. The molecule has 6 heteroatoms. The van der Waals surface area contributed by atoms with E-state index < -0.39 is 0 Å². The maximum atomic E-state index is 11.7. The van der Waals surface area contributed by atoms with E-state index in [0.717, 1.165) is 0 Å². The van der Waals surface area contributed by atoms with Crippen molar-refractivity contribution < 1.29 is 9.53 Å². The molecule has 0 heterocycles. The molecule has 1 rings (SSSR count). The summed E-state index contributed by atoms with van der Waals surface area (Å²) in [5.41, 5.74) is 6.18. The summed E-state index contributed by atoms with van der Waals surface area (Å²) in [7, 11) is 0. The van der Waals surface area contributed by atoms with Crippen LogP contribution in [0.1, 0.15) is 20.8 Å². The molecule has 0 fully saturated rings. The Bertz CT molecular complexity index is 443. The molecule has 4 nitrogen and oxygen atoms in total. The average molecular weight is 350 g/mol. The Morgan fingerprint density at radius 2 is 2.11 bits per heavy atom. The Labute approximate surface area is 126 Å². The van der Waals surface area contributed by atoms with Crippen LogP contribution in [0.15, 0.2) is 16.6 Å². The van der Waals surface area contributed by atoms with Crippen molar-refractivity contribution in [2.24, 2.45) is 5.92 Å². The lowest BCUT2D eigenvalue weighted by atomic mass is 10.1. The zero-order valence-corrected chi connectivity index (χ0v) is 13.5. The average Bonchev–Trinajstić information content (AvgIpc) is 2.27. The van der Waals surface area contributed by atoms with E-state index in [1.807, 2.05) is 20.8 Å². The molecule has 1 unspecified atom stereocenters. The predicted molar refractivity (Wildman–Crippen MR) is 81.5 cm³/mol. The number of ether oxygens (including phenoxy) is 1. The van der Waals surface area contributed by atoms with Crippen molar-refractivity contribution in [3.05, 3.63) is 21.6 Å². The number of nitrogens with two attached hydrogens (primary N) is 1. The van der Waals surface area contributed by atoms with Crippen molar-refractivity contribution in [1.82, 2.24) is 5.32 Å². The second-order valence-electron chi connectivity index (χ2n) is 4.69. The van der Waals surface area contributed by atoms with Gasteiger partial charge in [-0.05, 0) is 40.9 Å². The van der Waals surface area contributed by atoms with E-state index in [-0.39, 0.29) is 18.6 Å². The van der Waals surface area contributed by atoms with Crippen molar-refractivity contribution in [3.8, 4) is 5.75 Å². The minimum Gasteiger partial charge on any atom is -0.480 e. The van der Waals surface area contributed by atoms with Gasteiger partial charge in [0.1, 0.15) is 0 Å². The summed E-state index contributed by atoms with van der Waals surface area (Å²) in [6.45, 7) is 5.95. The third kappa shape index (κ3) is 4.91. The first-order valence-corrected chi connectivity index (χ1v) is 7.15. The summed E-state index contributed by atoms with van der Waals surface area (Å²) >= 11 is 9.14. The van der Waals surface area contributed by atoms with Gasteiger partial charge in [0.25, 0.3) is 5.91 Å². The van der Waals surface area contributed by atoms with Crippen molar-refractivity contribution in [1.29, 1.82) is 0 Å². The van der Waals surface area contributed by atoms with Gasteiger partial charge in [-0.1, -0.05) is 25.4 Å². The predicted octanol–water partition coefficient (Wildman–Crippen LogP) is 3.22. The van der Waals surface area contributed by atoms with Crippen LogP contribution in [0.4, 0.5) is 5.69 Å². The first-order valence-electron chi connectivity index (χ1n) is 5.98. The number of nitrogen functional groups attached to an aromatic ring is 1. The third-order valence-electron chi connectivity index (χ3n) is 2.77. The minimum atomic E-state index is -0.178. The largest absolute Gasteiger partial charge is 0.480 e. The fourth-order valence-corrected chi connectivity index (χ4v) is 2.28. The fraction of sp³-hybridized carbons (Fsp3) is 0.462. The molecular weight excluding hydrogens is 332 g/mol. The molecular formula is C13H18BrClN2O2. The summed E-state index contributed by atoms with van der Waals surface area (Å²) in [6, 6.07) is 3.35. The second kappa shape index (κ2) is 7.01. The lowest BCUT2D eigenvalue weighted by Crippen LogP contribution is -2.39. The number of carbonyl (C=O) groups excluding carboxylic acids is 1. The smallest absolute Gasteiger partial charge is 0.258 e. The molecule has 19 heavy (non-hydrogen) atoms. The molecule has 0 radical (unpaired) electrons. The second-order valence-corrected chi connectivity index (χ2v) is 5.99. The molecule has 0 saturated carbocycles. The number of hydrogen-bond acceptors (Lipinski definition) is 3. The van der Waals surface area contributed by atoms with Gasteiger partial charge in [0.2, 0.25) is 0 Å². The third-order valence-corrected chi connectivity index (χ3v) is 3.58. The van der Waals surface area contributed by atoms with E-state index in [0.29, 0.717) is 26.9 Å². The maximum Gasteiger partial charge on any atom is 0.258 e. The number of nitrogens with one attached hydrogen (secondary N) is 1. The SMILES string of the molecule is CC(C)C(C)NC(=O)COc1c(N)cc(Cl)cc1Br. The Hall–Kier alpha value is -0.940. The van der Waals surface area contributed by atoms with Crippen LogP contribution < -0.4 is 15.8 Å². The van der Waals surface area contributed by atoms with Gasteiger partial charge in [-0.2, -0.15) is 0 Å². The van der Waals surface area contributed by atoms with Crippen LogP contribution in [0.5, 0.6) is 5.75 Å². The van der Waals surface area contributed by atoms with E-state index >= 15 is 0 Å². The fourth-order valence-electron chi connectivity index (χ4n) is 1.33. The van der Waals surface area contributed by atoms with Gasteiger partial charge < -0.3 is 15.8 Å². The molecule has 0 bridgehead atoms. The summed E-state index contributed by atoms with van der Waals surface area (Å²) in [6.07, 6.45) is 0. The molecule has 0 spiro atoms. The zero-order chi connectivity index (χ0) is 14.6. The topological polar surface area (TPSA) is 64.3 Å². The van der Waals surface area contributed by atoms with Crippen LogP contribution in [0.2, 0.25) is 5.02 Å². The lowest BCUT2D eigenvalue weighted by Gasteiger charge is -2.18. The molecule has 1 atom stereocenters. The molecule has 3 N–H and O–H groups in total. The minimum absolute atomic E-state index is 0.0819. The Balaban J connectivity index is 2.60. The molecule has 0 aliphatic rings. The first kappa shape index (κ1) is 16.1. The van der Waals surface area contributed by atoms with Crippen LogP contribution in [0.3, 0.4) is 0 Å². The molecule has 106 valence electrons. The van der Waals surface area contributed by atoms with Gasteiger partial charge >= 0.3 is 0 Å². The Kier molecular flexibility index (Phi) is 5.94. The molecule has 0 aliphatic carbocycles. The Morgan fingerprint density at radius 1 is 1.47 bits per heavy atom. The highest BCUT2D eigenvalue weighted by molar-refractivity contribution is 9.10. The van der Waals surface area contributed by atoms with Crippen LogP contribution in [0, 0.1) is 5.92 Å². The molecule has 0 aliphatic heterocycles. The number of anilines is 1. The van der Waals surface area contributed by atoms with Gasteiger partial charge in [0.15, 0.2) is 12.4 Å². The number of carbonyl (C=O) groups is 1. The van der Waals surface area contributed by atoms with Gasteiger partial charge in [-0.15, -0.1) is 0 Å². The number of benzene rings is 1. The van der Waals surface area contributed by atoms with Crippen LogP contribution >= 0.6 is 27.5 Å². The summed E-state index contributed by atoms with van der Waals surface area (Å²) in [4.78, 5) is 11.7. The highest BCUT2D eigenvalue weighted by Gasteiger charge is 2.13. The first-order chi connectivity index (χ1) is 8.81. The summed E-state index contributed by atoms with van der Waals surface area (Å²) < 4.78 is 6.05. The van der Waals surface area contributed by atoms with Gasteiger partial charge in [0.05, 0.1) is 10.2 Å². The van der Waals surface area contributed by atoms with Crippen molar-refractivity contribution >= 4 is 39.1 Å². The monoisotopic (exact) mass is 348 g/mol. The van der Waals surface area contributed by atoms with Gasteiger partial charge in [-0.25, -0.2) is 0 Å². The van der Waals surface area contributed by atoms with Gasteiger partial charge in [0, 0.05) is 11.1 Å². The summed E-state index contributed by atoms with van der Waals surface area (Å²) in [5, 5.41) is 3.36. The van der Waals surface area contributed by atoms with Crippen molar-refractivity contribution in [2.75, 3.05) is 12.3 Å². The molecule has 1 aromatic rings. The number of hydrogen-bond donors (Lipinski definition) is 2. The normalized spacial score (nSPS) is 12.3. The molecule has 0 aromatic heterocycles. The van der Waals surface area contributed by atoms with Crippen molar-refractivity contribution in [3.63, 3.8) is 0 Å². The standard InChI is InChI=1S/C13H18BrClN2O2/c1-7(2)8(3)17-12(18)6-19-13-10(14)4-9(15)5-11(13)16/h4-5,7-8H,6,16H2,1-3H3,(H,17,18). The van der Waals surface area contributed by atoms with E-state index in [9.17, 15) is 4.79 Å². The Morgan fingerprint density at radius 3 is 2.63 bits per heavy atom. The lowest BCUT2D eigenvalue weighted by molar-refractivity contribution is -0.123. The van der Waals surface area contributed by atoms with E-state index in [4.69, 9.17) is 22.1 Å². The van der Waals surface area contributed by atoms with Crippen LogP contribution in [0.25, 0.3) is 0 Å². The van der Waals surface area contributed by atoms with E-state index in [1.165, 1.54) is 0 Å². The van der Waals surface area contributed by atoms with E-state index in [2.05, 4.69) is 21.2 Å². The maximum absolute atomic E-state index is 11.7. The van der Waals surface area contributed by atoms with E-state index in [1.54, 1.807) is 12.1 Å². The quantitative estimate of drug-likeness (QED) is 0.802. The van der Waals surface area contributed by atoms with Gasteiger partial charge in [-0.3, -0.25) is 4.79 Å². The molecule has 1 aromatic carbocycles. The molecule has 0 saturated heterocycles.